The number of amidine groups is 1. The summed E-state index contributed by atoms with van der Waals surface area (Å²) in [5, 5.41) is 18.1. The molecule has 1 heterocycles. The van der Waals surface area contributed by atoms with Gasteiger partial charge in [-0.25, -0.2) is 12.7 Å². The molecule has 8 nitrogen and oxygen atoms in total. The minimum absolute atomic E-state index is 0.0522. The van der Waals surface area contributed by atoms with E-state index in [-0.39, 0.29) is 23.0 Å². The molecule has 9 heteroatoms. The molecule has 5 rings (SSSR count). The number of nitrogens with zero attached hydrogens (tertiary/aromatic N) is 4. The van der Waals surface area contributed by atoms with Gasteiger partial charge in [0.2, 0.25) is 0 Å². The molecule has 0 radical (unpaired) electrons. The Hall–Kier alpha value is -4.50. The van der Waals surface area contributed by atoms with Gasteiger partial charge in [-0.1, -0.05) is 78.4 Å². The minimum atomic E-state index is -4.05. The highest BCUT2D eigenvalue weighted by molar-refractivity contribution is 7.89. The number of nitro benzene ring substituents is 1. The fraction of sp³-hybridized carbons (Fsp3) is 0.107. The van der Waals surface area contributed by atoms with Crippen molar-refractivity contribution in [1.82, 2.24) is 4.31 Å². The number of anilines is 1. The molecule has 0 fully saturated rings. The summed E-state index contributed by atoms with van der Waals surface area (Å²) in [5.74, 6) is 0.111. The Labute approximate surface area is 215 Å². The predicted molar refractivity (Wildman–Crippen MR) is 143 cm³/mol. The van der Waals surface area contributed by atoms with Crippen molar-refractivity contribution in [3.05, 3.63) is 136 Å². The average molecular weight is 513 g/mol. The number of hydrazone groups is 1. The summed E-state index contributed by atoms with van der Waals surface area (Å²) in [6.45, 7) is 1.94. The Morgan fingerprint density at radius 3 is 2.16 bits per heavy atom. The van der Waals surface area contributed by atoms with E-state index in [0.29, 0.717) is 5.56 Å². The first-order valence-corrected chi connectivity index (χ1v) is 13.1. The molecular formula is C28H24N4O4S. The molecule has 1 aliphatic heterocycles. The first kappa shape index (κ1) is 24.2. The maximum atomic E-state index is 14.0. The summed E-state index contributed by atoms with van der Waals surface area (Å²) >= 11 is 0. The molecular weight excluding hydrogens is 488 g/mol. The van der Waals surface area contributed by atoms with E-state index in [4.69, 9.17) is 5.10 Å². The van der Waals surface area contributed by atoms with Crippen LogP contribution in [-0.4, -0.2) is 30.0 Å². The lowest BCUT2D eigenvalue weighted by Crippen LogP contribution is -2.48. The van der Waals surface area contributed by atoms with Crippen molar-refractivity contribution in [2.75, 3.05) is 11.6 Å². The van der Waals surface area contributed by atoms with Gasteiger partial charge in [-0.2, -0.15) is 5.10 Å². The highest BCUT2D eigenvalue weighted by Crippen LogP contribution is 2.35. The highest BCUT2D eigenvalue weighted by Gasteiger charge is 2.38. The van der Waals surface area contributed by atoms with Crippen LogP contribution in [0.4, 0.5) is 11.4 Å². The second-order valence-corrected chi connectivity index (χ2v) is 10.5. The summed E-state index contributed by atoms with van der Waals surface area (Å²) in [6, 6.07) is 31.1. The summed E-state index contributed by atoms with van der Waals surface area (Å²) in [6.07, 6.45) is 0. The van der Waals surface area contributed by atoms with Crippen molar-refractivity contribution >= 4 is 27.2 Å². The Bertz CT molecular complexity index is 1560. The number of benzene rings is 4. The third-order valence-corrected chi connectivity index (χ3v) is 7.97. The summed E-state index contributed by atoms with van der Waals surface area (Å²) in [5.41, 5.74) is 2.77. The van der Waals surface area contributed by atoms with Crippen LogP contribution >= 0.6 is 0 Å². The van der Waals surface area contributed by atoms with E-state index >= 15 is 0 Å². The molecule has 186 valence electrons. The Kier molecular flexibility index (Phi) is 6.45. The number of rotatable bonds is 6. The van der Waals surface area contributed by atoms with E-state index in [0.717, 1.165) is 16.8 Å². The van der Waals surface area contributed by atoms with E-state index in [2.05, 4.69) is 0 Å². The van der Waals surface area contributed by atoms with Gasteiger partial charge >= 0.3 is 0 Å². The van der Waals surface area contributed by atoms with Crippen molar-refractivity contribution in [2.24, 2.45) is 5.10 Å². The minimum Gasteiger partial charge on any atom is -0.258 e. The number of hydrogen-bond donors (Lipinski definition) is 0. The van der Waals surface area contributed by atoms with Crippen LogP contribution in [0.3, 0.4) is 0 Å². The van der Waals surface area contributed by atoms with Crippen molar-refractivity contribution in [1.29, 1.82) is 0 Å². The SMILES string of the molecule is Cc1ccc(S(=O)(=O)N2CC(c3ccccc3)N(c3ccccc3)N=C2c2cccc([N+](=O)[O-])c2)cc1. The second-order valence-electron chi connectivity index (χ2n) is 8.69. The van der Waals surface area contributed by atoms with Gasteiger partial charge in [0.25, 0.3) is 15.7 Å². The van der Waals surface area contributed by atoms with E-state index in [1.165, 1.54) is 22.5 Å². The van der Waals surface area contributed by atoms with Gasteiger partial charge in [-0.15, -0.1) is 0 Å². The molecule has 0 N–H and O–H groups in total. The zero-order valence-corrected chi connectivity index (χ0v) is 20.8. The van der Waals surface area contributed by atoms with Crippen LogP contribution in [0.25, 0.3) is 0 Å². The van der Waals surface area contributed by atoms with Gasteiger partial charge in [-0.05, 0) is 36.8 Å². The molecule has 0 saturated carbocycles. The number of para-hydroxylation sites is 1. The molecule has 0 bridgehead atoms. The molecule has 4 aromatic rings. The van der Waals surface area contributed by atoms with E-state index in [1.54, 1.807) is 35.3 Å². The van der Waals surface area contributed by atoms with Crippen LogP contribution in [0.15, 0.2) is 119 Å². The van der Waals surface area contributed by atoms with Gasteiger partial charge in [0.05, 0.1) is 28.1 Å². The number of non-ortho nitro benzene ring substituents is 1. The van der Waals surface area contributed by atoms with Gasteiger partial charge in [0.1, 0.15) is 0 Å². The fourth-order valence-electron chi connectivity index (χ4n) is 4.29. The van der Waals surface area contributed by atoms with Crippen molar-refractivity contribution in [3.63, 3.8) is 0 Å². The van der Waals surface area contributed by atoms with Gasteiger partial charge in [0, 0.05) is 17.7 Å². The standard InChI is InChI=1S/C28H24N4O4S/c1-21-15-17-26(18-16-21)37(35,36)30-20-27(22-9-4-2-5-10-22)31(24-12-6-3-7-13-24)29-28(30)23-11-8-14-25(19-23)32(33)34/h2-19,27H,20H2,1H3. The first-order valence-electron chi connectivity index (χ1n) is 11.7. The lowest BCUT2D eigenvalue weighted by molar-refractivity contribution is -0.384. The van der Waals surface area contributed by atoms with Gasteiger partial charge in [-0.3, -0.25) is 15.1 Å². The van der Waals surface area contributed by atoms with Crippen LogP contribution in [0.1, 0.15) is 22.7 Å². The molecule has 4 aromatic carbocycles. The first-order chi connectivity index (χ1) is 17.8. The normalized spacial score (nSPS) is 15.8. The monoisotopic (exact) mass is 512 g/mol. The topological polar surface area (TPSA) is 96.1 Å². The Balaban J connectivity index is 1.73. The van der Waals surface area contributed by atoms with Gasteiger partial charge < -0.3 is 0 Å². The van der Waals surface area contributed by atoms with Crippen LogP contribution in [0.2, 0.25) is 0 Å². The van der Waals surface area contributed by atoms with Crippen molar-refractivity contribution in [2.45, 2.75) is 17.9 Å². The summed E-state index contributed by atoms with van der Waals surface area (Å²) < 4.78 is 29.3. The molecule has 1 unspecified atom stereocenters. The molecule has 1 atom stereocenters. The molecule has 0 aliphatic carbocycles. The second kappa shape index (κ2) is 9.87. The Morgan fingerprint density at radius 2 is 1.51 bits per heavy atom. The number of sulfonamides is 1. The number of aryl methyl sites for hydroxylation is 1. The zero-order chi connectivity index (χ0) is 26.0. The van der Waals surface area contributed by atoms with Crippen LogP contribution in [0.5, 0.6) is 0 Å². The maximum Gasteiger partial charge on any atom is 0.270 e. The third-order valence-electron chi connectivity index (χ3n) is 6.20. The van der Waals surface area contributed by atoms with Gasteiger partial charge in [0.15, 0.2) is 5.84 Å². The lowest BCUT2D eigenvalue weighted by Gasteiger charge is -2.40. The van der Waals surface area contributed by atoms with Crippen LogP contribution in [-0.2, 0) is 10.0 Å². The lowest BCUT2D eigenvalue weighted by atomic mass is 10.0. The largest absolute Gasteiger partial charge is 0.270 e. The van der Waals surface area contributed by atoms with Crippen molar-refractivity contribution < 1.29 is 13.3 Å². The predicted octanol–water partition coefficient (Wildman–Crippen LogP) is 5.52. The Morgan fingerprint density at radius 1 is 0.865 bits per heavy atom. The maximum absolute atomic E-state index is 14.0. The molecule has 0 spiro atoms. The zero-order valence-electron chi connectivity index (χ0n) is 20.0. The van der Waals surface area contributed by atoms with Crippen LogP contribution in [0, 0.1) is 17.0 Å². The van der Waals surface area contributed by atoms with Crippen LogP contribution < -0.4 is 5.01 Å². The fourth-order valence-corrected chi connectivity index (χ4v) is 5.73. The molecule has 37 heavy (non-hydrogen) atoms. The average Bonchev–Trinajstić information content (AvgIpc) is 2.93. The summed E-state index contributed by atoms with van der Waals surface area (Å²) in [7, 11) is -4.05. The molecule has 0 amide bonds. The number of nitro groups is 1. The van der Waals surface area contributed by atoms with E-state index < -0.39 is 21.0 Å². The van der Waals surface area contributed by atoms with E-state index in [1.807, 2.05) is 67.6 Å². The summed E-state index contributed by atoms with van der Waals surface area (Å²) in [4.78, 5) is 11.1. The molecule has 0 saturated heterocycles. The smallest absolute Gasteiger partial charge is 0.258 e. The quantitative estimate of drug-likeness (QED) is 0.250. The van der Waals surface area contributed by atoms with E-state index in [9.17, 15) is 18.5 Å². The number of hydrogen-bond acceptors (Lipinski definition) is 6. The third kappa shape index (κ3) is 4.81. The molecule has 1 aliphatic rings. The van der Waals surface area contributed by atoms with Crippen molar-refractivity contribution in [3.8, 4) is 0 Å². The molecule has 0 aromatic heterocycles. The highest BCUT2D eigenvalue weighted by atomic mass is 32.2.